The maximum atomic E-state index is 11.9. The zero-order valence-corrected chi connectivity index (χ0v) is 12.1. The van der Waals surface area contributed by atoms with Gasteiger partial charge in [-0.1, -0.05) is 12.1 Å². The minimum Gasteiger partial charge on any atom is -0.339 e. The zero-order chi connectivity index (χ0) is 13.8. The number of aromatic nitrogens is 1. The summed E-state index contributed by atoms with van der Waals surface area (Å²) in [5, 5.41) is 0.970. The van der Waals surface area contributed by atoms with Crippen LogP contribution in [-0.2, 0) is 11.3 Å². The average Bonchev–Trinajstić information content (AvgIpc) is 2.77. The van der Waals surface area contributed by atoms with E-state index >= 15 is 0 Å². The largest absolute Gasteiger partial charge is 0.339 e. The van der Waals surface area contributed by atoms with Crippen molar-refractivity contribution >= 4 is 27.5 Å². The number of nitrogens with two attached hydrogens (primary N) is 1. The van der Waals surface area contributed by atoms with E-state index in [0.717, 1.165) is 21.6 Å². The first-order valence-corrected chi connectivity index (χ1v) is 7.22. The van der Waals surface area contributed by atoms with Gasteiger partial charge in [0.25, 0.3) is 0 Å². The van der Waals surface area contributed by atoms with Gasteiger partial charge in [0.2, 0.25) is 5.91 Å². The van der Waals surface area contributed by atoms with Gasteiger partial charge in [-0.15, -0.1) is 11.3 Å². The number of hydrogen-bond donors (Lipinski definition) is 1. The van der Waals surface area contributed by atoms with E-state index < -0.39 is 0 Å². The van der Waals surface area contributed by atoms with Crippen LogP contribution >= 0.6 is 11.3 Å². The van der Waals surface area contributed by atoms with Gasteiger partial charge in [-0.05, 0) is 25.5 Å². The molecule has 2 N–H and O–H groups in total. The second-order valence-electron chi connectivity index (χ2n) is 4.84. The van der Waals surface area contributed by atoms with Crippen molar-refractivity contribution in [2.75, 3.05) is 7.05 Å². The SMILES string of the molecule is CC(N)CCC(=O)N(C)Cc1nc2ccccc2s1. The van der Waals surface area contributed by atoms with Crippen LogP contribution < -0.4 is 5.73 Å². The first-order chi connectivity index (χ1) is 9.06. The molecule has 2 rings (SSSR count). The van der Waals surface area contributed by atoms with E-state index in [0.29, 0.717) is 13.0 Å². The van der Waals surface area contributed by atoms with Crippen molar-refractivity contribution < 1.29 is 4.79 Å². The highest BCUT2D eigenvalue weighted by Gasteiger charge is 2.12. The fourth-order valence-corrected chi connectivity index (χ4v) is 2.84. The molecule has 1 atom stereocenters. The van der Waals surface area contributed by atoms with Crippen molar-refractivity contribution in [3.05, 3.63) is 29.3 Å². The number of hydrogen-bond acceptors (Lipinski definition) is 4. The summed E-state index contributed by atoms with van der Waals surface area (Å²) in [6.45, 7) is 2.48. The lowest BCUT2D eigenvalue weighted by molar-refractivity contribution is -0.130. The van der Waals surface area contributed by atoms with Crippen molar-refractivity contribution in [3.63, 3.8) is 0 Å². The van der Waals surface area contributed by atoms with Crippen molar-refractivity contribution in [2.45, 2.75) is 32.4 Å². The minimum absolute atomic E-state index is 0.0693. The summed E-state index contributed by atoms with van der Waals surface area (Å²) in [7, 11) is 1.82. The fourth-order valence-electron chi connectivity index (χ4n) is 1.82. The normalized spacial score (nSPS) is 12.6. The summed E-state index contributed by atoms with van der Waals surface area (Å²) in [6.07, 6.45) is 1.22. The standard InChI is InChI=1S/C14H19N3OS/c1-10(15)7-8-14(18)17(2)9-13-16-11-5-3-4-6-12(11)19-13/h3-6,10H,7-9,15H2,1-2H3. The lowest BCUT2D eigenvalue weighted by atomic mass is 10.2. The summed E-state index contributed by atoms with van der Waals surface area (Å²) in [6, 6.07) is 8.09. The fraction of sp³-hybridized carbons (Fsp3) is 0.429. The topological polar surface area (TPSA) is 59.2 Å². The van der Waals surface area contributed by atoms with E-state index in [1.807, 2.05) is 32.2 Å². The van der Waals surface area contributed by atoms with Gasteiger partial charge in [-0.3, -0.25) is 4.79 Å². The van der Waals surface area contributed by atoms with Crippen LogP contribution in [0.5, 0.6) is 0 Å². The molecular formula is C14H19N3OS. The molecule has 0 radical (unpaired) electrons. The number of rotatable bonds is 5. The van der Waals surface area contributed by atoms with E-state index in [1.54, 1.807) is 16.2 Å². The van der Waals surface area contributed by atoms with Gasteiger partial charge in [0, 0.05) is 19.5 Å². The molecule has 1 aromatic heterocycles. The van der Waals surface area contributed by atoms with Gasteiger partial charge >= 0.3 is 0 Å². The molecule has 0 fully saturated rings. The van der Waals surface area contributed by atoms with Crippen molar-refractivity contribution in [3.8, 4) is 0 Å². The van der Waals surface area contributed by atoms with E-state index in [2.05, 4.69) is 11.1 Å². The van der Waals surface area contributed by atoms with Gasteiger partial charge in [-0.25, -0.2) is 4.98 Å². The second-order valence-corrected chi connectivity index (χ2v) is 5.96. The lowest BCUT2D eigenvalue weighted by Crippen LogP contribution is -2.27. The van der Waals surface area contributed by atoms with Gasteiger partial charge in [-0.2, -0.15) is 0 Å². The molecule has 1 unspecified atom stereocenters. The minimum atomic E-state index is 0.0693. The molecule has 1 heterocycles. The van der Waals surface area contributed by atoms with E-state index in [1.165, 1.54) is 0 Å². The van der Waals surface area contributed by atoms with E-state index in [4.69, 9.17) is 5.73 Å². The van der Waals surface area contributed by atoms with Crippen LogP contribution in [0.1, 0.15) is 24.8 Å². The molecule has 4 nitrogen and oxygen atoms in total. The Labute approximate surface area is 117 Å². The second kappa shape index (κ2) is 6.12. The van der Waals surface area contributed by atoms with Gasteiger partial charge < -0.3 is 10.6 Å². The summed E-state index contributed by atoms with van der Waals surface area (Å²) in [5.41, 5.74) is 6.66. The molecule has 102 valence electrons. The lowest BCUT2D eigenvalue weighted by Gasteiger charge is -2.16. The summed E-state index contributed by atoms with van der Waals surface area (Å²) < 4.78 is 1.16. The molecule has 0 aliphatic rings. The Morgan fingerprint density at radius 1 is 1.47 bits per heavy atom. The highest BCUT2D eigenvalue weighted by atomic mass is 32.1. The first-order valence-electron chi connectivity index (χ1n) is 6.40. The Morgan fingerprint density at radius 2 is 2.21 bits per heavy atom. The number of carbonyl (C=O) groups excluding carboxylic acids is 1. The molecule has 0 spiro atoms. The Hall–Kier alpha value is -1.46. The zero-order valence-electron chi connectivity index (χ0n) is 11.3. The molecule has 0 aliphatic carbocycles. The molecule has 1 aromatic carbocycles. The first kappa shape index (κ1) is 14.0. The Balaban J connectivity index is 1.98. The molecule has 5 heteroatoms. The summed E-state index contributed by atoms with van der Waals surface area (Å²) >= 11 is 1.64. The van der Waals surface area contributed by atoms with Crippen LogP contribution in [0.3, 0.4) is 0 Å². The van der Waals surface area contributed by atoms with E-state index in [9.17, 15) is 4.79 Å². The maximum Gasteiger partial charge on any atom is 0.222 e. The predicted molar refractivity (Wildman–Crippen MR) is 79.0 cm³/mol. The van der Waals surface area contributed by atoms with E-state index in [-0.39, 0.29) is 11.9 Å². The Bertz CT molecular complexity index is 532. The number of amides is 1. The third-order valence-corrected chi connectivity index (χ3v) is 3.97. The monoisotopic (exact) mass is 277 g/mol. The number of thiazole rings is 1. The molecule has 0 saturated carbocycles. The van der Waals surface area contributed by atoms with Crippen LogP contribution in [0.2, 0.25) is 0 Å². The number of carbonyl (C=O) groups is 1. The molecule has 0 aliphatic heterocycles. The molecule has 1 amide bonds. The smallest absolute Gasteiger partial charge is 0.222 e. The van der Waals surface area contributed by atoms with Gasteiger partial charge in [0.1, 0.15) is 5.01 Å². The van der Waals surface area contributed by atoms with Crippen LogP contribution in [-0.4, -0.2) is 28.9 Å². The number of benzene rings is 1. The maximum absolute atomic E-state index is 11.9. The van der Waals surface area contributed by atoms with Crippen LogP contribution in [0.4, 0.5) is 0 Å². The quantitative estimate of drug-likeness (QED) is 0.913. The van der Waals surface area contributed by atoms with Gasteiger partial charge in [0.15, 0.2) is 0 Å². The van der Waals surface area contributed by atoms with Crippen molar-refractivity contribution in [2.24, 2.45) is 5.73 Å². The number of para-hydroxylation sites is 1. The number of nitrogens with zero attached hydrogens (tertiary/aromatic N) is 2. The third-order valence-electron chi connectivity index (χ3n) is 2.95. The highest BCUT2D eigenvalue weighted by Crippen LogP contribution is 2.22. The molecule has 0 saturated heterocycles. The van der Waals surface area contributed by atoms with Gasteiger partial charge in [0.05, 0.1) is 16.8 Å². The summed E-state index contributed by atoms with van der Waals surface area (Å²) in [5.74, 6) is 0.122. The van der Waals surface area contributed by atoms with Crippen LogP contribution in [0.25, 0.3) is 10.2 Å². The van der Waals surface area contributed by atoms with Crippen molar-refractivity contribution in [1.29, 1.82) is 0 Å². The third kappa shape index (κ3) is 3.75. The molecular weight excluding hydrogens is 258 g/mol. The average molecular weight is 277 g/mol. The van der Waals surface area contributed by atoms with Crippen LogP contribution in [0, 0.1) is 0 Å². The predicted octanol–water partition coefficient (Wildman–Crippen LogP) is 2.38. The summed E-state index contributed by atoms with van der Waals surface area (Å²) in [4.78, 5) is 18.2. The Morgan fingerprint density at radius 3 is 2.89 bits per heavy atom. The Kier molecular flexibility index (Phi) is 4.50. The van der Waals surface area contributed by atoms with Crippen LogP contribution in [0.15, 0.2) is 24.3 Å². The molecule has 2 aromatic rings. The van der Waals surface area contributed by atoms with Crippen molar-refractivity contribution in [1.82, 2.24) is 9.88 Å². The number of fused-ring (bicyclic) bond motifs is 1. The molecule has 19 heavy (non-hydrogen) atoms. The molecule has 0 bridgehead atoms. The highest BCUT2D eigenvalue weighted by molar-refractivity contribution is 7.18.